The fourth-order valence-corrected chi connectivity index (χ4v) is 6.82. The molecule has 29 heavy (non-hydrogen) atoms. The van der Waals surface area contributed by atoms with E-state index in [4.69, 9.17) is 0 Å². The van der Waals surface area contributed by atoms with Crippen LogP contribution in [0.1, 0.15) is 0 Å². The lowest BCUT2D eigenvalue weighted by Gasteiger charge is -2.46. The first kappa shape index (κ1) is 21.1. The van der Waals surface area contributed by atoms with Gasteiger partial charge in [-0.25, -0.2) is 0 Å². The Balaban J connectivity index is 2.28. The van der Waals surface area contributed by atoms with E-state index in [2.05, 4.69) is 161 Å². The van der Waals surface area contributed by atoms with Crippen LogP contribution in [-0.2, 0) is 0 Å². The third kappa shape index (κ3) is 3.72. The minimum Gasteiger partial charge on any atom is -0.181 e. The molecule has 0 spiro atoms. The Morgan fingerprint density at radius 3 is 0.759 bits per heavy atom. The van der Waals surface area contributed by atoms with Crippen LogP contribution in [-0.4, -0.2) is 6.15 Å². The molecule has 0 atom stereocenters. The second-order valence-electron chi connectivity index (χ2n) is 6.95. The minimum atomic E-state index is -1.50. The first-order chi connectivity index (χ1) is 14.1. The maximum atomic E-state index is 3.87. The van der Waals surface area contributed by atoms with E-state index >= 15 is 0 Å². The van der Waals surface area contributed by atoms with Gasteiger partial charge in [0.1, 0.15) is 6.15 Å². The Kier molecular flexibility index (Phi) is 6.50. The van der Waals surface area contributed by atoms with Crippen molar-refractivity contribution in [2.24, 2.45) is 0 Å². The van der Waals surface area contributed by atoms with E-state index < -0.39 is 6.15 Å². The molecule has 0 nitrogen and oxygen atoms in total. The van der Waals surface area contributed by atoms with Crippen molar-refractivity contribution in [1.82, 2.24) is 0 Å². The van der Waals surface area contributed by atoms with E-state index in [0.717, 1.165) is 17.9 Å². The van der Waals surface area contributed by atoms with Crippen LogP contribution in [0.25, 0.3) is 0 Å². The Labute approximate surface area is 205 Å². The summed E-state index contributed by atoms with van der Waals surface area (Å²) in [7, 11) is 0. The van der Waals surface area contributed by atoms with Gasteiger partial charge in [-0.3, -0.25) is 0 Å². The van der Waals surface area contributed by atoms with Gasteiger partial charge in [-0.2, -0.15) is 21.9 Å². The van der Waals surface area contributed by atoms with Crippen molar-refractivity contribution >= 4 is 91.7 Å². The zero-order valence-corrected chi connectivity index (χ0v) is 21.7. The molecule has 0 aliphatic carbocycles. The molecule has 4 rings (SSSR count). The molecule has 4 aromatic carbocycles. The number of hydrogen-bond donors (Lipinski definition) is 0. The molecule has 144 valence electrons. The van der Waals surface area contributed by atoms with E-state index in [0.29, 0.717) is 0 Å². The largest absolute Gasteiger partial charge is 0.181 e. The fourth-order valence-electron chi connectivity index (χ4n) is 4.31. The molecule has 0 saturated heterocycles. The molecule has 0 amide bonds. The molecule has 0 heterocycles. The van der Waals surface area contributed by atoms with E-state index in [9.17, 15) is 0 Å². The summed E-state index contributed by atoms with van der Waals surface area (Å²) in [6.45, 7) is 0. The van der Waals surface area contributed by atoms with Crippen LogP contribution in [0.3, 0.4) is 0 Å². The maximum Gasteiger partial charge on any atom is 0.113 e. The Morgan fingerprint density at radius 2 is 0.552 bits per heavy atom. The van der Waals surface area contributed by atoms with Crippen LogP contribution >= 0.6 is 63.7 Å². The van der Waals surface area contributed by atoms with Crippen molar-refractivity contribution in [3.05, 3.63) is 115 Å². The number of hydrogen-bond acceptors (Lipinski definition) is 0. The fraction of sp³-hybridized carbons (Fsp3) is 0. The third-order valence-electron chi connectivity index (χ3n) is 5.49. The summed E-state index contributed by atoms with van der Waals surface area (Å²) in [6.07, 6.45) is -1.50. The summed E-state index contributed by atoms with van der Waals surface area (Å²) in [5, 5.41) is 0. The summed E-state index contributed by atoms with van der Waals surface area (Å²) in [5.74, 6) is 0. The highest BCUT2D eigenvalue weighted by atomic mass is 79.9. The van der Waals surface area contributed by atoms with Crippen LogP contribution in [0.15, 0.2) is 115 Å². The quantitative estimate of drug-likeness (QED) is 0.238. The van der Waals surface area contributed by atoms with Gasteiger partial charge in [0.25, 0.3) is 0 Å². The lowest BCUT2D eigenvalue weighted by atomic mass is 9.13. The normalized spacial score (nSPS) is 11.4. The van der Waals surface area contributed by atoms with Gasteiger partial charge in [0.15, 0.2) is 0 Å². The summed E-state index contributed by atoms with van der Waals surface area (Å²) >= 11 is 15.5. The molecule has 5 heteroatoms. The van der Waals surface area contributed by atoms with E-state index in [1.165, 1.54) is 21.9 Å². The third-order valence-corrected chi connectivity index (χ3v) is 8.38. The molecule has 0 bridgehead atoms. The summed E-state index contributed by atoms with van der Waals surface area (Å²) in [5.41, 5.74) is 4.94. The van der Waals surface area contributed by atoms with Crippen LogP contribution < -0.4 is 21.9 Å². The molecular weight excluding hydrogens is 619 g/mol. The number of benzene rings is 4. The van der Waals surface area contributed by atoms with Crippen molar-refractivity contribution in [2.45, 2.75) is 0 Å². The highest BCUT2D eigenvalue weighted by Gasteiger charge is 2.36. The maximum absolute atomic E-state index is 3.87. The van der Waals surface area contributed by atoms with Gasteiger partial charge in [-0.05, 0) is 17.9 Å². The van der Waals surface area contributed by atoms with Gasteiger partial charge >= 0.3 is 0 Å². The smallest absolute Gasteiger partial charge is 0.113 e. The molecule has 0 unspecified atom stereocenters. The molecule has 0 aromatic heterocycles. The van der Waals surface area contributed by atoms with Gasteiger partial charge in [0.2, 0.25) is 0 Å². The average molecular weight is 635 g/mol. The summed E-state index contributed by atoms with van der Waals surface area (Å²) in [4.78, 5) is 0. The zero-order valence-electron chi connectivity index (χ0n) is 15.3. The molecule has 0 fully saturated rings. The Hall–Kier alpha value is -1.14. The molecule has 0 aliphatic rings. The predicted octanol–water partition coefficient (Wildman–Crippen LogP) is 6.11. The predicted molar refractivity (Wildman–Crippen MR) is 141 cm³/mol. The lowest BCUT2D eigenvalue weighted by Crippen LogP contribution is -2.76. The van der Waals surface area contributed by atoms with Crippen molar-refractivity contribution in [2.75, 3.05) is 0 Å². The second-order valence-corrected chi connectivity index (χ2v) is 10.4. The van der Waals surface area contributed by atoms with E-state index in [1.807, 2.05) is 0 Å². The summed E-state index contributed by atoms with van der Waals surface area (Å²) in [6, 6.07) is 34.1. The van der Waals surface area contributed by atoms with Gasteiger partial charge < -0.3 is 0 Å². The monoisotopic (exact) mass is 631 g/mol. The lowest BCUT2D eigenvalue weighted by molar-refractivity contribution is 1.60. The van der Waals surface area contributed by atoms with Crippen LogP contribution in [0.2, 0.25) is 0 Å². The van der Waals surface area contributed by atoms with Gasteiger partial charge in [0, 0.05) is 0 Å². The standard InChI is InChI=1S/C24H16BBr4/c26-21-13-5-1-9-17(21)25(18-10-2-6-14-22(18)27,19-11-3-7-15-23(19)28)20-12-4-8-16-24(20)29/h1-16H/q-1. The van der Waals surface area contributed by atoms with Gasteiger partial charge in [0.05, 0.1) is 0 Å². The first-order valence-electron chi connectivity index (χ1n) is 9.22. The molecule has 4 aromatic rings. The SMILES string of the molecule is Brc1ccccc1[B-](c1ccccc1Br)(c1ccccc1Br)c1ccccc1Br. The Morgan fingerprint density at radius 1 is 0.345 bits per heavy atom. The van der Waals surface area contributed by atoms with Crippen molar-refractivity contribution in [1.29, 1.82) is 0 Å². The molecule has 0 saturated carbocycles. The minimum absolute atomic E-state index is 1.09. The first-order valence-corrected chi connectivity index (χ1v) is 12.4. The van der Waals surface area contributed by atoms with Crippen LogP contribution in [0.4, 0.5) is 0 Å². The molecule has 0 N–H and O–H groups in total. The van der Waals surface area contributed by atoms with Crippen LogP contribution in [0.5, 0.6) is 0 Å². The Bertz CT molecular complexity index is 985. The topological polar surface area (TPSA) is 0 Å². The number of rotatable bonds is 4. The van der Waals surface area contributed by atoms with Gasteiger partial charge in [-0.15, -0.1) is 0 Å². The highest BCUT2D eigenvalue weighted by Crippen LogP contribution is 2.24. The van der Waals surface area contributed by atoms with Crippen molar-refractivity contribution < 1.29 is 0 Å². The molecular formula is C24H16BBr4-. The molecule has 0 aliphatic heterocycles. The van der Waals surface area contributed by atoms with Crippen molar-refractivity contribution in [3.63, 3.8) is 0 Å². The average Bonchev–Trinajstić information content (AvgIpc) is 2.73. The van der Waals surface area contributed by atoms with E-state index in [1.54, 1.807) is 0 Å². The summed E-state index contributed by atoms with van der Waals surface area (Å²) < 4.78 is 4.34. The zero-order chi connectivity index (χ0) is 20.4. The highest BCUT2D eigenvalue weighted by molar-refractivity contribution is 9.11. The van der Waals surface area contributed by atoms with Crippen LogP contribution in [0, 0.1) is 0 Å². The second kappa shape index (κ2) is 8.93. The molecule has 0 radical (unpaired) electrons. The van der Waals surface area contributed by atoms with Crippen molar-refractivity contribution in [3.8, 4) is 0 Å². The van der Waals surface area contributed by atoms with Gasteiger partial charge in [-0.1, -0.05) is 161 Å². The number of halogens is 4. The van der Waals surface area contributed by atoms with E-state index in [-0.39, 0.29) is 0 Å².